The topological polar surface area (TPSA) is 109 Å². The molecular formula is C23H14BrF4N5O3. The first-order chi connectivity index (χ1) is 17.2. The average Bonchev–Trinajstić information content (AvgIpc) is 3.23. The van der Waals surface area contributed by atoms with E-state index in [9.17, 15) is 22.4 Å². The van der Waals surface area contributed by atoms with E-state index >= 15 is 0 Å². The van der Waals surface area contributed by atoms with Crippen LogP contribution in [0.3, 0.4) is 0 Å². The minimum absolute atomic E-state index is 0.0145. The third kappa shape index (κ3) is 3.85. The van der Waals surface area contributed by atoms with Gasteiger partial charge in [-0.2, -0.15) is 13.9 Å². The molecule has 0 saturated heterocycles. The van der Waals surface area contributed by atoms with Gasteiger partial charge in [0.2, 0.25) is 5.43 Å². The standard InChI is InChI=1S/C23H14BrF4N5O3/c1-9(20-17(24)19(34)15-11(25)3-2-4-14(15)35-20)33-22-16(21(29)30-8-31-22)18(32-33)10-5-6-13(12(26)7-10)36-23(27)28/h2-9,23H,1H3,(H2,29,30,31). The molecule has 0 radical (unpaired) electrons. The first-order valence-corrected chi connectivity index (χ1v) is 11.1. The molecule has 0 saturated carbocycles. The van der Waals surface area contributed by atoms with E-state index in [0.29, 0.717) is 0 Å². The van der Waals surface area contributed by atoms with Gasteiger partial charge >= 0.3 is 6.61 Å². The van der Waals surface area contributed by atoms with Gasteiger partial charge in [0.25, 0.3) is 0 Å². The Morgan fingerprint density at radius 3 is 2.61 bits per heavy atom. The Balaban J connectivity index is 1.70. The fourth-order valence-corrected chi connectivity index (χ4v) is 4.49. The van der Waals surface area contributed by atoms with Gasteiger partial charge in [0, 0.05) is 5.56 Å². The van der Waals surface area contributed by atoms with E-state index in [-0.39, 0.29) is 49.3 Å². The molecule has 3 heterocycles. The van der Waals surface area contributed by atoms with Crippen LogP contribution in [0.1, 0.15) is 18.7 Å². The van der Waals surface area contributed by atoms with Crippen LogP contribution in [0.5, 0.6) is 5.75 Å². The van der Waals surface area contributed by atoms with E-state index < -0.39 is 35.5 Å². The lowest BCUT2D eigenvalue weighted by Gasteiger charge is -2.14. The molecule has 0 spiro atoms. The second-order valence-corrected chi connectivity index (χ2v) is 8.47. The maximum atomic E-state index is 14.5. The first-order valence-electron chi connectivity index (χ1n) is 10.3. The van der Waals surface area contributed by atoms with Gasteiger partial charge < -0.3 is 14.9 Å². The largest absolute Gasteiger partial charge is 0.457 e. The third-order valence-electron chi connectivity index (χ3n) is 5.52. The molecule has 5 aromatic rings. The molecule has 1 unspecified atom stereocenters. The molecule has 36 heavy (non-hydrogen) atoms. The van der Waals surface area contributed by atoms with Crippen LogP contribution >= 0.6 is 15.9 Å². The third-order valence-corrected chi connectivity index (χ3v) is 6.27. The number of hydrogen-bond acceptors (Lipinski definition) is 7. The van der Waals surface area contributed by atoms with Gasteiger partial charge in [-0.3, -0.25) is 4.79 Å². The fourth-order valence-electron chi connectivity index (χ4n) is 3.88. The minimum atomic E-state index is -3.20. The van der Waals surface area contributed by atoms with Crippen LogP contribution in [0.25, 0.3) is 33.3 Å². The van der Waals surface area contributed by atoms with Crippen molar-refractivity contribution < 1.29 is 26.7 Å². The number of anilines is 1. The number of aromatic nitrogens is 4. The number of halogens is 5. The SMILES string of the molecule is CC(c1oc2cccc(F)c2c(=O)c1Br)n1nc(-c2ccc(OC(F)F)c(F)c2)c2c(N)ncnc21. The molecule has 0 aliphatic rings. The summed E-state index contributed by atoms with van der Waals surface area (Å²) >= 11 is 3.20. The van der Waals surface area contributed by atoms with Gasteiger partial charge in [-0.1, -0.05) is 6.07 Å². The van der Waals surface area contributed by atoms with Crippen molar-refractivity contribution in [2.75, 3.05) is 5.73 Å². The number of nitrogens with two attached hydrogens (primary N) is 1. The summed E-state index contributed by atoms with van der Waals surface area (Å²) in [6.07, 6.45) is 1.20. The maximum absolute atomic E-state index is 14.5. The van der Waals surface area contributed by atoms with Gasteiger partial charge in [0.1, 0.15) is 50.9 Å². The maximum Gasteiger partial charge on any atom is 0.387 e. The van der Waals surface area contributed by atoms with Crippen LogP contribution < -0.4 is 15.9 Å². The summed E-state index contributed by atoms with van der Waals surface area (Å²) in [5, 5.41) is 4.57. The molecule has 0 aliphatic carbocycles. The number of hydrogen-bond donors (Lipinski definition) is 1. The zero-order chi connectivity index (χ0) is 25.7. The van der Waals surface area contributed by atoms with E-state index in [0.717, 1.165) is 18.2 Å². The van der Waals surface area contributed by atoms with Crippen LogP contribution in [0.2, 0.25) is 0 Å². The molecule has 5 rings (SSSR count). The van der Waals surface area contributed by atoms with Gasteiger partial charge in [0.15, 0.2) is 17.2 Å². The molecule has 13 heteroatoms. The second kappa shape index (κ2) is 8.90. The summed E-state index contributed by atoms with van der Waals surface area (Å²) < 4.78 is 65.2. The highest BCUT2D eigenvalue weighted by Gasteiger charge is 2.26. The van der Waals surface area contributed by atoms with E-state index in [2.05, 4.69) is 35.7 Å². The zero-order valence-corrected chi connectivity index (χ0v) is 19.8. The van der Waals surface area contributed by atoms with Gasteiger partial charge in [-0.25, -0.2) is 23.4 Å². The zero-order valence-electron chi connectivity index (χ0n) is 18.2. The van der Waals surface area contributed by atoms with Crippen LogP contribution in [-0.4, -0.2) is 26.4 Å². The number of nitrogens with zero attached hydrogens (tertiary/aromatic N) is 4. The molecule has 0 bridgehead atoms. The van der Waals surface area contributed by atoms with Crippen molar-refractivity contribution in [1.82, 2.24) is 19.7 Å². The van der Waals surface area contributed by atoms with Crippen LogP contribution in [0.4, 0.5) is 23.4 Å². The molecule has 184 valence electrons. The quantitative estimate of drug-likeness (QED) is 0.284. The Labute approximate surface area is 207 Å². The highest BCUT2D eigenvalue weighted by atomic mass is 79.9. The van der Waals surface area contributed by atoms with Crippen molar-refractivity contribution in [1.29, 1.82) is 0 Å². The minimum Gasteiger partial charge on any atom is -0.457 e. The van der Waals surface area contributed by atoms with E-state index in [1.807, 2.05) is 0 Å². The van der Waals surface area contributed by atoms with Crippen molar-refractivity contribution in [2.24, 2.45) is 0 Å². The van der Waals surface area contributed by atoms with E-state index in [4.69, 9.17) is 10.2 Å². The van der Waals surface area contributed by atoms with Crippen molar-refractivity contribution in [2.45, 2.75) is 19.6 Å². The number of alkyl halides is 2. The molecule has 2 aromatic carbocycles. The summed E-state index contributed by atoms with van der Waals surface area (Å²) in [6.45, 7) is -1.54. The van der Waals surface area contributed by atoms with Crippen molar-refractivity contribution in [3.8, 4) is 17.0 Å². The van der Waals surface area contributed by atoms with Crippen molar-refractivity contribution in [3.63, 3.8) is 0 Å². The Hall–Kier alpha value is -4.00. The summed E-state index contributed by atoms with van der Waals surface area (Å²) in [6, 6.07) is 6.58. The lowest BCUT2D eigenvalue weighted by molar-refractivity contribution is -0.0521. The monoisotopic (exact) mass is 563 g/mol. The fraction of sp³-hybridized carbons (Fsp3) is 0.130. The molecular weight excluding hydrogens is 550 g/mol. The van der Waals surface area contributed by atoms with Crippen LogP contribution in [-0.2, 0) is 0 Å². The van der Waals surface area contributed by atoms with E-state index in [1.165, 1.54) is 29.2 Å². The highest BCUT2D eigenvalue weighted by molar-refractivity contribution is 9.10. The van der Waals surface area contributed by atoms with Crippen molar-refractivity contribution >= 4 is 43.8 Å². The lowest BCUT2D eigenvalue weighted by atomic mass is 10.1. The Bertz CT molecular complexity index is 1710. The lowest BCUT2D eigenvalue weighted by Crippen LogP contribution is -2.15. The summed E-state index contributed by atoms with van der Waals surface area (Å²) in [5.74, 6) is -2.25. The number of fused-ring (bicyclic) bond motifs is 2. The molecule has 3 aromatic heterocycles. The first kappa shape index (κ1) is 23.7. The number of nitrogen functional groups attached to an aromatic ring is 1. The average molecular weight is 564 g/mol. The van der Waals surface area contributed by atoms with Gasteiger partial charge in [-0.05, 0) is 53.2 Å². The Morgan fingerprint density at radius 1 is 1.11 bits per heavy atom. The molecule has 1 atom stereocenters. The highest BCUT2D eigenvalue weighted by Crippen LogP contribution is 2.36. The number of rotatable bonds is 5. The van der Waals surface area contributed by atoms with Crippen molar-refractivity contribution in [3.05, 3.63) is 74.8 Å². The summed E-state index contributed by atoms with van der Waals surface area (Å²) in [7, 11) is 0. The Morgan fingerprint density at radius 2 is 1.89 bits per heavy atom. The molecule has 0 aliphatic heterocycles. The molecule has 0 amide bonds. The van der Waals surface area contributed by atoms with Crippen LogP contribution in [0, 0.1) is 11.6 Å². The van der Waals surface area contributed by atoms with E-state index in [1.54, 1.807) is 6.92 Å². The smallest absolute Gasteiger partial charge is 0.387 e. The molecule has 2 N–H and O–H groups in total. The van der Waals surface area contributed by atoms with Crippen LogP contribution in [0.15, 0.2) is 56.4 Å². The summed E-state index contributed by atoms with van der Waals surface area (Å²) in [4.78, 5) is 21.1. The predicted octanol–water partition coefficient (Wildman–Crippen LogP) is 5.43. The summed E-state index contributed by atoms with van der Waals surface area (Å²) in [5.41, 5.74) is 6.07. The number of benzene rings is 2. The normalized spacial score (nSPS) is 12.5. The number of ether oxygens (including phenoxy) is 1. The van der Waals surface area contributed by atoms with Gasteiger partial charge in [-0.15, -0.1) is 0 Å². The molecule has 8 nitrogen and oxygen atoms in total. The molecule has 0 fully saturated rings. The predicted molar refractivity (Wildman–Crippen MR) is 126 cm³/mol. The van der Waals surface area contributed by atoms with Gasteiger partial charge in [0.05, 0.1) is 5.39 Å². The Kier molecular flexibility index (Phi) is 5.86. The second-order valence-electron chi connectivity index (χ2n) is 7.67.